The van der Waals surface area contributed by atoms with Gasteiger partial charge in [0.2, 0.25) is 0 Å². The first-order valence-corrected chi connectivity index (χ1v) is 3.97. The number of hydrogen-bond donors (Lipinski definition) is 0. The zero-order chi connectivity index (χ0) is 8.85. The number of rotatable bonds is 3. The second-order valence-electron chi connectivity index (χ2n) is 3.11. The van der Waals surface area contributed by atoms with Crippen molar-refractivity contribution in [2.45, 2.75) is 27.7 Å². The van der Waals surface area contributed by atoms with Crippen LogP contribution in [0.2, 0.25) is 0 Å². The Balaban J connectivity index is 4.15. The number of methoxy groups -OCH3 is 1. The highest BCUT2D eigenvalue weighted by atomic mass is 16.5. The van der Waals surface area contributed by atoms with E-state index in [-0.39, 0.29) is 0 Å². The number of hydrogen-bond acceptors (Lipinski definition) is 1. The minimum atomic E-state index is 0.607. The van der Waals surface area contributed by atoms with Crippen molar-refractivity contribution in [1.82, 2.24) is 0 Å². The molecule has 64 valence electrons. The molecule has 0 aliphatic rings. The highest BCUT2D eigenvalue weighted by Crippen LogP contribution is 2.05. The van der Waals surface area contributed by atoms with Gasteiger partial charge in [-0.25, -0.2) is 0 Å². The van der Waals surface area contributed by atoms with Crippen LogP contribution in [-0.2, 0) is 4.74 Å². The number of ether oxygens (including phenoxy) is 1. The maximum Gasteiger partial charge on any atom is 0.0927 e. The molecule has 0 amide bonds. The van der Waals surface area contributed by atoms with Gasteiger partial charge in [0.25, 0.3) is 0 Å². The smallest absolute Gasteiger partial charge is 0.0927 e. The maximum atomic E-state index is 5.02. The summed E-state index contributed by atoms with van der Waals surface area (Å²) in [4.78, 5) is 0. The van der Waals surface area contributed by atoms with Gasteiger partial charge < -0.3 is 4.74 Å². The lowest BCUT2D eigenvalue weighted by molar-refractivity contribution is 0.293. The fourth-order valence-electron chi connectivity index (χ4n) is 0.953. The van der Waals surface area contributed by atoms with Crippen molar-refractivity contribution in [2.24, 2.45) is 5.92 Å². The Morgan fingerprint density at radius 2 is 1.82 bits per heavy atom. The molecule has 0 unspecified atom stereocenters. The van der Waals surface area contributed by atoms with Crippen LogP contribution < -0.4 is 0 Å². The molecule has 0 aliphatic heterocycles. The van der Waals surface area contributed by atoms with Crippen LogP contribution in [0.4, 0.5) is 0 Å². The first-order valence-electron chi connectivity index (χ1n) is 3.97. The van der Waals surface area contributed by atoms with Crippen molar-refractivity contribution in [3.63, 3.8) is 0 Å². The molecule has 0 aromatic rings. The van der Waals surface area contributed by atoms with Crippen LogP contribution in [0.15, 0.2) is 23.5 Å². The van der Waals surface area contributed by atoms with Crippen LogP contribution in [0, 0.1) is 5.92 Å². The minimum absolute atomic E-state index is 0.607. The van der Waals surface area contributed by atoms with Gasteiger partial charge in [0.05, 0.1) is 12.9 Å². The van der Waals surface area contributed by atoms with E-state index in [4.69, 9.17) is 4.74 Å². The Morgan fingerprint density at radius 3 is 2.18 bits per heavy atom. The summed E-state index contributed by atoms with van der Waals surface area (Å²) in [6.45, 7) is 8.37. The Kier molecular flexibility index (Phi) is 4.67. The maximum absolute atomic E-state index is 5.02. The van der Waals surface area contributed by atoms with E-state index in [0.717, 1.165) is 5.76 Å². The van der Waals surface area contributed by atoms with Crippen molar-refractivity contribution in [1.29, 1.82) is 0 Å². The molecule has 0 aromatic heterocycles. The van der Waals surface area contributed by atoms with Crippen molar-refractivity contribution in [2.75, 3.05) is 7.11 Å². The third-order valence-corrected chi connectivity index (χ3v) is 1.35. The molecule has 0 saturated carbocycles. The highest BCUT2D eigenvalue weighted by Gasteiger charge is 1.89. The van der Waals surface area contributed by atoms with Crippen LogP contribution in [0.25, 0.3) is 0 Å². The van der Waals surface area contributed by atoms with E-state index < -0.39 is 0 Å². The van der Waals surface area contributed by atoms with Gasteiger partial charge in [0.15, 0.2) is 0 Å². The van der Waals surface area contributed by atoms with Crippen molar-refractivity contribution in [3.05, 3.63) is 23.5 Å². The topological polar surface area (TPSA) is 9.23 Å². The summed E-state index contributed by atoms with van der Waals surface area (Å²) >= 11 is 0. The van der Waals surface area contributed by atoms with Crippen molar-refractivity contribution in [3.8, 4) is 0 Å². The second kappa shape index (κ2) is 5.00. The van der Waals surface area contributed by atoms with Gasteiger partial charge in [-0.05, 0) is 25.8 Å². The summed E-state index contributed by atoms with van der Waals surface area (Å²) in [6.07, 6.45) is 4.25. The molecule has 0 radical (unpaired) electrons. The molecule has 0 bridgehead atoms. The number of allylic oxidation sites excluding steroid dienone is 4. The molecule has 0 heterocycles. The highest BCUT2D eigenvalue weighted by molar-refractivity contribution is 5.18. The Bertz CT molecular complexity index is 164. The zero-order valence-corrected chi connectivity index (χ0v) is 8.14. The second-order valence-corrected chi connectivity index (χ2v) is 3.11. The SMILES string of the molecule is CO/C(C)=C\C(C)=C/C(C)C. The Hall–Kier alpha value is -0.720. The predicted molar refractivity (Wildman–Crippen MR) is 49.4 cm³/mol. The lowest BCUT2D eigenvalue weighted by atomic mass is 10.1. The van der Waals surface area contributed by atoms with Crippen LogP contribution >= 0.6 is 0 Å². The standard InChI is InChI=1S/C10H18O/c1-8(2)6-9(3)7-10(4)11-5/h6-8H,1-5H3/b9-6-,10-7-. The largest absolute Gasteiger partial charge is 0.501 e. The molecule has 0 fully saturated rings. The van der Waals surface area contributed by atoms with Gasteiger partial charge in [-0.2, -0.15) is 0 Å². The first kappa shape index (κ1) is 10.3. The van der Waals surface area contributed by atoms with E-state index in [0.29, 0.717) is 5.92 Å². The summed E-state index contributed by atoms with van der Waals surface area (Å²) in [5.41, 5.74) is 1.26. The molecule has 0 rings (SSSR count). The minimum Gasteiger partial charge on any atom is -0.501 e. The molecule has 0 N–H and O–H groups in total. The average Bonchev–Trinajstić information content (AvgIpc) is 1.85. The van der Waals surface area contributed by atoms with E-state index >= 15 is 0 Å². The first-order chi connectivity index (χ1) is 5.06. The van der Waals surface area contributed by atoms with Gasteiger partial charge in [-0.15, -0.1) is 0 Å². The summed E-state index contributed by atoms with van der Waals surface area (Å²) in [5, 5.41) is 0. The fourth-order valence-corrected chi connectivity index (χ4v) is 0.953. The molecule has 0 spiro atoms. The average molecular weight is 154 g/mol. The lowest BCUT2D eigenvalue weighted by Crippen LogP contribution is -1.83. The molecule has 0 aliphatic carbocycles. The van der Waals surface area contributed by atoms with E-state index in [1.165, 1.54) is 5.57 Å². The molecule has 0 aromatic carbocycles. The normalized spacial score (nSPS) is 14.0. The third-order valence-electron chi connectivity index (χ3n) is 1.35. The monoisotopic (exact) mass is 154 g/mol. The van der Waals surface area contributed by atoms with Crippen LogP contribution in [0.3, 0.4) is 0 Å². The van der Waals surface area contributed by atoms with Gasteiger partial charge in [0.1, 0.15) is 0 Å². The molecular weight excluding hydrogens is 136 g/mol. The Morgan fingerprint density at radius 1 is 1.27 bits per heavy atom. The molecule has 0 saturated heterocycles. The van der Waals surface area contributed by atoms with Gasteiger partial charge in [-0.3, -0.25) is 0 Å². The van der Waals surface area contributed by atoms with Crippen molar-refractivity contribution >= 4 is 0 Å². The molecule has 0 atom stereocenters. The van der Waals surface area contributed by atoms with E-state index in [1.54, 1.807) is 7.11 Å². The summed E-state index contributed by atoms with van der Waals surface area (Å²) in [7, 11) is 1.69. The van der Waals surface area contributed by atoms with Gasteiger partial charge in [-0.1, -0.05) is 25.5 Å². The summed E-state index contributed by atoms with van der Waals surface area (Å²) in [6, 6.07) is 0. The molecule has 11 heavy (non-hydrogen) atoms. The van der Waals surface area contributed by atoms with E-state index in [9.17, 15) is 0 Å². The zero-order valence-electron chi connectivity index (χ0n) is 8.14. The third kappa shape index (κ3) is 5.71. The molecular formula is C10H18O. The Labute approximate surface area is 69.8 Å². The molecule has 1 nitrogen and oxygen atoms in total. The fraction of sp³-hybridized carbons (Fsp3) is 0.600. The van der Waals surface area contributed by atoms with Crippen molar-refractivity contribution < 1.29 is 4.74 Å². The quantitative estimate of drug-likeness (QED) is 0.448. The van der Waals surface area contributed by atoms with E-state index in [1.807, 2.05) is 13.0 Å². The predicted octanol–water partition coefficient (Wildman–Crippen LogP) is 3.14. The van der Waals surface area contributed by atoms with E-state index in [2.05, 4.69) is 26.8 Å². The summed E-state index contributed by atoms with van der Waals surface area (Å²) < 4.78 is 5.02. The van der Waals surface area contributed by atoms with Crippen LogP contribution in [0.5, 0.6) is 0 Å². The lowest BCUT2D eigenvalue weighted by Gasteiger charge is -2.00. The molecule has 1 heteroatoms. The summed E-state index contributed by atoms with van der Waals surface area (Å²) in [5.74, 6) is 1.57. The van der Waals surface area contributed by atoms with Gasteiger partial charge in [0, 0.05) is 0 Å². The van der Waals surface area contributed by atoms with Crippen LogP contribution in [0.1, 0.15) is 27.7 Å². The van der Waals surface area contributed by atoms with Crippen LogP contribution in [-0.4, -0.2) is 7.11 Å². The van der Waals surface area contributed by atoms with Gasteiger partial charge >= 0.3 is 0 Å².